The number of rotatable bonds is 7. The average molecular weight is 447 g/mol. The third-order valence-electron chi connectivity index (χ3n) is 4.27. The molecule has 1 aromatic heterocycles. The molecule has 3 rings (SSSR count). The molecule has 14 heteroatoms. The lowest BCUT2D eigenvalue weighted by Gasteiger charge is -2.18. The number of anilines is 1. The number of phosphoric ester groups is 1. The second kappa shape index (κ2) is 9.53. The van der Waals surface area contributed by atoms with Crippen molar-refractivity contribution in [2.45, 2.75) is 31.8 Å². The van der Waals surface area contributed by atoms with Gasteiger partial charge in [-0.25, -0.2) is 9.36 Å². The van der Waals surface area contributed by atoms with Gasteiger partial charge in [0.25, 0.3) is 5.56 Å². The van der Waals surface area contributed by atoms with Gasteiger partial charge in [0.15, 0.2) is 0 Å². The number of aliphatic hydroxyl groups is 1. The van der Waals surface area contributed by atoms with Gasteiger partial charge in [-0.1, -0.05) is 0 Å². The number of phosphoric acid groups is 1. The standard InChI is InChI=1S/C16H20N3O9P.H2O/c1-9-7-19(16(22)17-15(9)21)14-6-12(20)13(27-14)8-26-29(24,25)28-11-4-2-10(18-23)3-5-11;/h2-5,7,12-14,18,20,23H,6,8H2,1H3,(H,24,25)(H,17,21,22);1H2/t12-,13+,14+;/m0./s1. The third-order valence-corrected chi connectivity index (χ3v) is 5.18. The molecule has 0 amide bonds. The molecule has 0 spiro atoms. The first-order valence-corrected chi connectivity index (χ1v) is 10.0. The second-order valence-electron chi connectivity index (χ2n) is 6.40. The van der Waals surface area contributed by atoms with Gasteiger partial charge in [0.05, 0.1) is 18.4 Å². The Kier molecular flexibility index (Phi) is 7.55. The Morgan fingerprint density at radius 3 is 2.63 bits per heavy atom. The zero-order valence-corrected chi connectivity index (χ0v) is 16.6. The van der Waals surface area contributed by atoms with Crippen LogP contribution in [0.1, 0.15) is 18.2 Å². The molecule has 0 radical (unpaired) electrons. The van der Waals surface area contributed by atoms with Crippen LogP contribution in [0.4, 0.5) is 5.69 Å². The monoisotopic (exact) mass is 447 g/mol. The number of aryl methyl sites for hydroxylation is 1. The number of benzene rings is 1. The Morgan fingerprint density at radius 1 is 1.33 bits per heavy atom. The first kappa shape index (κ1) is 23.8. The van der Waals surface area contributed by atoms with E-state index < -0.39 is 44.1 Å². The van der Waals surface area contributed by atoms with E-state index in [0.29, 0.717) is 5.69 Å². The van der Waals surface area contributed by atoms with E-state index in [-0.39, 0.29) is 23.2 Å². The second-order valence-corrected chi connectivity index (χ2v) is 7.78. The van der Waals surface area contributed by atoms with Gasteiger partial charge in [0, 0.05) is 18.2 Å². The normalized spacial score (nSPS) is 22.7. The quantitative estimate of drug-likeness (QED) is 0.276. The lowest BCUT2D eigenvalue weighted by molar-refractivity contribution is -0.0447. The SMILES string of the molecule is Cc1cn([C@H]2C[C@H](O)[C@@H](COP(=O)(O)Oc3ccc(NO)cc3)O2)c(=O)[nH]c1=O.O. The Bertz CT molecular complexity index is 1020. The van der Waals surface area contributed by atoms with Crippen molar-refractivity contribution in [2.24, 2.45) is 0 Å². The first-order chi connectivity index (χ1) is 13.7. The van der Waals surface area contributed by atoms with Crippen molar-refractivity contribution >= 4 is 13.5 Å². The largest absolute Gasteiger partial charge is 0.527 e. The smallest absolute Gasteiger partial charge is 0.412 e. The summed E-state index contributed by atoms with van der Waals surface area (Å²) >= 11 is 0. The van der Waals surface area contributed by atoms with Crippen molar-refractivity contribution in [1.82, 2.24) is 9.55 Å². The van der Waals surface area contributed by atoms with E-state index >= 15 is 0 Å². The number of ether oxygens (including phenoxy) is 1. The molecule has 1 unspecified atom stereocenters. The molecule has 1 aromatic carbocycles. The van der Waals surface area contributed by atoms with Crippen LogP contribution in [0.5, 0.6) is 5.75 Å². The summed E-state index contributed by atoms with van der Waals surface area (Å²) in [7, 11) is -4.52. The van der Waals surface area contributed by atoms with Crippen LogP contribution in [0.25, 0.3) is 0 Å². The van der Waals surface area contributed by atoms with E-state index in [1.807, 2.05) is 5.48 Å². The molecule has 1 aliphatic heterocycles. The Labute approximate surface area is 169 Å². The van der Waals surface area contributed by atoms with E-state index in [0.717, 1.165) is 4.57 Å². The summed E-state index contributed by atoms with van der Waals surface area (Å²) in [6.07, 6.45) is -1.62. The molecular formula is C16H22N3O10P. The van der Waals surface area contributed by atoms with Crippen LogP contribution in [0.2, 0.25) is 0 Å². The summed E-state index contributed by atoms with van der Waals surface area (Å²) in [5.41, 5.74) is 1.33. The van der Waals surface area contributed by atoms with Gasteiger partial charge in [-0.3, -0.25) is 34.5 Å². The van der Waals surface area contributed by atoms with Gasteiger partial charge in [0.1, 0.15) is 18.1 Å². The number of nitrogens with one attached hydrogen (secondary N) is 2. The van der Waals surface area contributed by atoms with Crippen LogP contribution in [-0.4, -0.2) is 49.0 Å². The number of hydrogen-bond acceptors (Lipinski definition) is 9. The van der Waals surface area contributed by atoms with Crippen LogP contribution in [0.15, 0.2) is 40.1 Å². The molecule has 1 saturated heterocycles. The van der Waals surface area contributed by atoms with E-state index in [2.05, 4.69) is 4.98 Å². The molecule has 0 saturated carbocycles. The number of aromatic nitrogens is 2. The summed E-state index contributed by atoms with van der Waals surface area (Å²) < 4.78 is 28.6. The highest BCUT2D eigenvalue weighted by Gasteiger charge is 2.38. The zero-order chi connectivity index (χ0) is 21.2. The molecule has 0 aliphatic carbocycles. The van der Waals surface area contributed by atoms with Crippen LogP contribution in [0.3, 0.4) is 0 Å². The van der Waals surface area contributed by atoms with Gasteiger partial charge in [-0.15, -0.1) is 0 Å². The zero-order valence-electron chi connectivity index (χ0n) is 15.7. The predicted molar refractivity (Wildman–Crippen MR) is 102 cm³/mol. The highest BCUT2D eigenvalue weighted by atomic mass is 31.2. The van der Waals surface area contributed by atoms with Crippen molar-refractivity contribution < 1.29 is 39.0 Å². The molecule has 4 atom stereocenters. The molecule has 30 heavy (non-hydrogen) atoms. The van der Waals surface area contributed by atoms with Gasteiger partial charge in [0.2, 0.25) is 0 Å². The fraction of sp³-hybridized carbons (Fsp3) is 0.375. The van der Waals surface area contributed by atoms with E-state index in [4.69, 9.17) is 19.0 Å². The summed E-state index contributed by atoms with van der Waals surface area (Å²) in [6, 6.07) is 5.50. The fourth-order valence-corrected chi connectivity index (χ4v) is 3.53. The topological polar surface area (TPSA) is 204 Å². The molecule has 1 fully saturated rings. The van der Waals surface area contributed by atoms with Gasteiger partial charge >= 0.3 is 13.5 Å². The summed E-state index contributed by atoms with van der Waals surface area (Å²) in [5.74, 6) is 0.0240. The Morgan fingerprint density at radius 2 is 2.00 bits per heavy atom. The predicted octanol–water partition coefficient (Wildman–Crippen LogP) is -0.334. The van der Waals surface area contributed by atoms with Gasteiger partial charge in [-0.05, 0) is 31.2 Å². The van der Waals surface area contributed by atoms with Crippen LogP contribution >= 0.6 is 7.82 Å². The Hall–Kier alpha value is -2.51. The van der Waals surface area contributed by atoms with E-state index in [1.165, 1.54) is 37.4 Å². The fourth-order valence-electron chi connectivity index (χ4n) is 2.75. The molecule has 0 bridgehead atoms. The van der Waals surface area contributed by atoms with Crippen molar-refractivity contribution in [2.75, 3.05) is 12.1 Å². The molecule has 7 N–H and O–H groups in total. The van der Waals surface area contributed by atoms with Crippen molar-refractivity contribution in [3.63, 3.8) is 0 Å². The van der Waals surface area contributed by atoms with E-state index in [1.54, 1.807) is 0 Å². The van der Waals surface area contributed by atoms with Crippen LogP contribution in [0, 0.1) is 6.92 Å². The minimum Gasteiger partial charge on any atom is -0.412 e. The lowest BCUT2D eigenvalue weighted by Crippen LogP contribution is -2.33. The minimum absolute atomic E-state index is 0. The number of aliphatic hydroxyl groups excluding tert-OH is 1. The van der Waals surface area contributed by atoms with Crippen LogP contribution < -0.4 is 21.3 Å². The number of H-pyrrole nitrogens is 1. The minimum atomic E-state index is -4.52. The molecular weight excluding hydrogens is 425 g/mol. The lowest BCUT2D eigenvalue weighted by atomic mass is 10.2. The molecule has 1 aliphatic rings. The third kappa shape index (κ3) is 5.55. The number of aromatic amines is 1. The van der Waals surface area contributed by atoms with Crippen molar-refractivity contribution in [3.05, 3.63) is 56.9 Å². The Balaban J connectivity index is 0.00000320. The molecule has 166 valence electrons. The van der Waals surface area contributed by atoms with Gasteiger partial charge < -0.3 is 19.8 Å². The maximum Gasteiger partial charge on any atom is 0.527 e. The molecule has 2 aromatic rings. The highest BCUT2D eigenvalue weighted by Crippen LogP contribution is 2.45. The maximum absolute atomic E-state index is 12.1. The number of nitrogens with zero attached hydrogens (tertiary/aromatic N) is 1. The molecule has 13 nitrogen and oxygen atoms in total. The summed E-state index contributed by atoms with van der Waals surface area (Å²) in [6.45, 7) is 1.04. The summed E-state index contributed by atoms with van der Waals surface area (Å²) in [5, 5.41) is 18.9. The van der Waals surface area contributed by atoms with Crippen molar-refractivity contribution in [1.29, 1.82) is 0 Å². The highest BCUT2D eigenvalue weighted by molar-refractivity contribution is 7.47. The molecule has 2 heterocycles. The van der Waals surface area contributed by atoms with Crippen molar-refractivity contribution in [3.8, 4) is 5.75 Å². The average Bonchev–Trinajstić information content (AvgIpc) is 3.04. The van der Waals surface area contributed by atoms with E-state index in [9.17, 15) is 24.2 Å². The first-order valence-electron chi connectivity index (χ1n) is 8.51. The van der Waals surface area contributed by atoms with Crippen LogP contribution in [-0.2, 0) is 13.8 Å². The summed E-state index contributed by atoms with van der Waals surface area (Å²) in [4.78, 5) is 35.4. The van der Waals surface area contributed by atoms with Gasteiger partial charge in [-0.2, -0.15) is 0 Å². The number of hydrogen-bond donors (Lipinski definition) is 5. The maximum atomic E-state index is 12.1.